The number of hydrogen-bond donors (Lipinski definition) is 4. The highest BCUT2D eigenvalue weighted by Crippen LogP contribution is 2.15. The van der Waals surface area contributed by atoms with Crippen molar-refractivity contribution in [2.24, 2.45) is 10.8 Å². The second-order valence-corrected chi connectivity index (χ2v) is 3.36. The Bertz CT molecular complexity index is 354. The SMILES string of the molecule is CCCC1(/C=N/NC(N)=O)NC(=O)NC1=O. The predicted molar refractivity (Wildman–Crippen MR) is 55.5 cm³/mol. The molecule has 0 spiro atoms. The number of primary amides is 1. The third-order valence-electron chi connectivity index (χ3n) is 2.07. The van der Waals surface area contributed by atoms with Crippen LogP contribution < -0.4 is 21.8 Å². The van der Waals surface area contributed by atoms with Gasteiger partial charge in [-0.2, -0.15) is 5.10 Å². The van der Waals surface area contributed by atoms with E-state index < -0.39 is 23.5 Å². The molecule has 8 nitrogen and oxygen atoms in total. The molecule has 0 bridgehead atoms. The molecule has 1 aliphatic rings. The number of imide groups is 1. The highest BCUT2D eigenvalue weighted by molar-refractivity contribution is 6.16. The van der Waals surface area contributed by atoms with E-state index in [0.717, 1.165) is 0 Å². The molecule has 1 saturated heterocycles. The van der Waals surface area contributed by atoms with E-state index in [0.29, 0.717) is 12.8 Å². The number of carbonyl (C=O) groups excluding carboxylic acids is 3. The van der Waals surface area contributed by atoms with E-state index in [1.807, 2.05) is 12.3 Å². The first-order valence-electron chi connectivity index (χ1n) is 4.73. The van der Waals surface area contributed by atoms with Crippen LogP contribution in [0.3, 0.4) is 0 Å². The molecule has 1 heterocycles. The van der Waals surface area contributed by atoms with Gasteiger partial charge in [0.25, 0.3) is 5.91 Å². The molecule has 1 unspecified atom stereocenters. The fourth-order valence-corrected chi connectivity index (χ4v) is 1.44. The number of amides is 5. The molecule has 16 heavy (non-hydrogen) atoms. The molecule has 1 rings (SSSR count). The standard InChI is InChI=1S/C8H13N5O3/c1-2-3-8(4-10-13-6(9)15)5(14)11-7(16)12-8/h4H,2-3H2,1H3,(H3,9,13,15)(H2,11,12,14,16)/b10-4+. The number of carbonyl (C=O) groups is 3. The Balaban J connectivity index is 2.81. The van der Waals surface area contributed by atoms with Gasteiger partial charge < -0.3 is 11.1 Å². The Labute approximate surface area is 91.6 Å². The first kappa shape index (κ1) is 12.0. The minimum absolute atomic E-state index is 0.383. The summed E-state index contributed by atoms with van der Waals surface area (Å²) in [6.07, 6.45) is 2.21. The summed E-state index contributed by atoms with van der Waals surface area (Å²) in [5.74, 6) is -0.491. The lowest BCUT2D eigenvalue weighted by atomic mass is 9.96. The molecule has 0 aromatic rings. The van der Waals surface area contributed by atoms with E-state index >= 15 is 0 Å². The molecule has 1 aliphatic heterocycles. The Hall–Kier alpha value is -2.12. The number of urea groups is 2. The van der Waals surface area contributed by atoms with Gasteiger partial charge in [0.2, 0.25) is 0 Å². The third kappa shape index (κ3) is 2.47. The van der Waals surface area contributed by atoms with Crippen molar-refractivity contribution in [2.75, 3.05) is 0 Å². The predicted octanol–water partition coefficient (Wildman–Crippen LogP) is -0.981. The highest BCUT2D eigenvalue weighted by Gasteiger charge is 2.44. The Kier molecular flexibility index (Phi) is 3.44. The van der Waals surface area contributed by atoms with Crippen LogP contribution >= 0.6 is 0 Å². The number of hydrogen-bond acceptors (Lipinski definition) is 4. The third-order valence-corrected chi connectivity index (χ3v) is 2.07. The molecule has 0 aliphatic carbocycles. The maximum absolute atomic E-state index is 11.5. The van der Waals surface area contributed by atoms with Crippen molar-refractivity contribution in [3.63, 3.8) is 0 Å². The van der Waals surface area contributed by atoms with Crippen LogP contribution in [-0.2, 0) is 4.79 Å². The number of hydrazone groups is 1. The highest BCUT2D eigenvalue weighted by atomic mass is 16.2. The molecule has 0 radical (unpaired) electrons. The van der Waals surface area contributed by atoms with Crippen molar-refractivity contribution < 1.29 is 14.4 Å². The number of rotatable bonds is 4. The largest absolute Gasteiger partial charge is 0.350 e. The fourth-order valence-electron chi connectivity index (χ4n) is 1.44. The van der Waals surface area contributed by atoms with E-state index in [4.69, 9.17) is 5.73 Å². The van der Waals surface area contributed by atoms with Crippen LogP contribution in [0.25, 0.3) is 0 Å². The fraction of sp³-hybridized carbons (Fsp3) is 0.500. The van der Waals surface area contributed by atoms with E-state index in [1.54, 1.807) is 0 Å². The van der Waals surface area contributed by atoms with Crippen molar-refractivity contribution in [2.45, 2.75) is 25.3 Å². The smallest absolute Gasteiger partial charge is 0.332 e. The second kappa shape index (κ2) is 4.60. The van der Waals surface area contributed by atoms with Crippen LogP contribution in [0, 0.1) is 0 Å². The summed E-state index contributed by atoms with van der Waals surface area (Å²) in [5.41, 5.74) is 5.57. The van der Waals surface area contributed by atoms with Crippen molar-refractivity contribution in [3.05, 3.63) is 0 Å². The molecule has 8 heteroatoms. The van der Waals surface area contributed by atoms with Gasteiger partial charge in [0, 0.05) is 0 Å². The molecule has 5 N–H and O–H groups in total. The Morgan fingerprint density at radius 2 is 2.31 bits per heavy atom. The lowest BCUT2D eigenvalue weighted by molar-refractivity contribution is -0.121. The zero-order chi connectivity index (χ0) is 12.2. The molecule has 5 amide bonds. The van der Waals surface area contributed by atoms with Crippen LogP contribution in [0.4, 0.5) is 9.59 Å². The summed E-state index contributed by atoms with van der Waals surface area (Å²) < 4.78 is 0. The lowest BCUT2D eigenvalue weighted by Gasteiger charge is -2.19. The van der Waals surface area contributed by atoms with Crippen LogP contribution in [0.15, 0.2) is 5.10 Å². The van der Waals surface area contributed by atoms with Crippen LogP contribution in [0.5, 0.6) is 0 Å². The molecular formula is C8H13N5O3. The zero-order valence-corrected chi connectivity index (χ0v) is 8.74. The van der Waals surface area contributed by atoms with E-state index in [2.05, 4.69) is 15.7 Å². The summed E-state index contributed by atoms with van der Waals surface area (Å²) in [7, 11) is 0. The van der Waals surface area contributed by atoms with Gasteiger partial charge in [-0.05, 0) is 6.42 Å². The van der Waals surface area contributed by atoms with Gasteiger partial charge in [-0.1, -0.05) is 13.3 Å². The second-order valence-electron chi connectivity index (χ2n) is 3.36. The van der Waals surface area contributed by atoms with Gasteiger partial charge >= 0.3 is 12.1 Å². The Morgan fingerprint density at radius 1 is 1.62 bits per heavy atom. The number of nitrogens with two attached hydrogens (primary N) is 1. The van der Waals surface area contributed by atoms with Gasteiger partial charge in [-0.15, -0.1) is 0 Å². The molecule has 0 aromatic heterocycles. The first-order chi connectivity index (χ1) is 7.50. The van der Waals surface area contributed by atoms with Crippen molar-refractivity contribution in [3.8, 4) is 0 Å². The number of nitrogens with zero attached hydrogens (tertiary/aromatic N) is 1. The van der Waals surface area contributed by atoms with Crippen molar-refractivity contribution in [1.29, 1.82) is 0 Å². The van der Waals surface area contributed by atoms with Gasteiger partial charge in [0.1, 0.15) is 0 Å². The van der Waals surface area contributed by atoms with Gasteiger partial charge in [0.15, 0.2) is 5.54 Å². The normalized spacial score (nSPS) is 24.3. The number of nitrogens with one attached hydrogen (secondary N) is 3. The summed E-state index contributed by atoms with van der Waals surface area (Å²) >= 11 is 0. The van der Waals surface area contributed by atoms with Crippen LogP contribution in [0.1, 0.15) is 19.8 Å². The van der Waals surface area contributed by atoms with Crippen molar-refractivity contribution in [1.82, 2.24) is 16.1 Å². The average molecular weight is 227 g/mol. The molecule has 1 fully saturated rings. The lowest BCUT2D eigenvalue weighted by Crippen LogP contribution is -2.49. The maximum Gasteiger partial charge on any atom is 0.332 e. The van der Waals surface area contributed by atoms with Crippen LogP contribution in [0.2, 0.25) is 0 Å². The molecule has 0 aromatic carbocycles. The van der Waals surface area contributed by atoms with E-state index in [1.165, 1.54) is 6.21 Å². The van der Waals surface area contributed by atoms with E-state index in [-0.39, 0.29) is 0 Å². The molecule has 1 atom stereocenters. The Morgan fingerprint density at radius 3 is 2.75 bits per heavy atom. The monoisotopic (exact) mass is 227 g/mol. The van der Waals surface area contributed by atoms with Gasteiger partial charge in [-0.3, -0.25) is 10.1 Å². The summed E-state index contributed by atoms with van der Waals surface area (Å²) in [6, 6.07) is -1.42. The minimum atomic E-state index is -1.20. The van der Waals surface area contributed by atoms with E-state index in [9.17, 15) is 14.4 Å². The topological polar surface area (TPSA) is 126 Å². The van der Waals surface area contributed by atoms with Gasteiger partial charge in [0.05, 0.1) is 6.21 Å². The average Bonchev–Trinajstić information content (AvgIpc) is 2.42. The maximum atomic E-state index is 11.5. The molecular weight excluding hydrogens is 214 g/mol. The summed E-state index contributed by atoms with van der Waals surface area (Å²) in [4.78, 5) is 33.0. The minimum Gasteiger partial charge on any atom is -0.350 e. The van der Waals surface area contributed by atoms with Crippen molar-refractivity contribution >= 4 is 24.2 Å². The quantitative estimate of drug-likeness (QED) is 0.280. The van der Waals surface area contributed by atoms with Gasteiger partial charge in [-0.25, -0.2) is 15.0 Å². The first-order valence-corrected chi connectivity index (χ1v) is 4.73. The molecule has 88 valence electrons. The zero-order valence-electron chi connectivity index (χ0n) is 8.74. The summed E-state index contributed by atoms with van der Waals surface area (Å²) in [5, 5.41) is 8.06. The summed E-state index contributed by atoms with van der Waals surface area (Å²) in [6.45, 7) is 1.86. The van der Waals surface area contributed by atoms with Crippen LogP contribution in [-0.4, -0.2) is 29.7 Å². The molecule has 0 saturated carbocycles.